The van der Waals surface area contributed by atoms with Crippen LogP contribution in [-0.2, 0) is 6.54 Å². The summed E-state index contributed by atoms with van der Waals surface area (Å²) in [6, 6.07) is 2.52. The Morgan fingerprint density at radius 1 is 1.56 bits per heavy atom. The van der Waals surface area contributed by atoms with Crippen LogP contribution in [0, 0.1) is 6.92 Å². The summed E-state index contributed by atoms with van der Waals surface area (Å²) in [5.41, 5.74) is 1.32. The molecule has 0 radical (unpaired) electrons. The molecule has 2 rings (SSSR count). The maximum absolute atomic E-state index is 4.27. The van der Waals surface area contributed by atoms with Crippen LogP contribution in [-0.4, -0.2) is 4.98 Å². The normalized spacial score (nSPS) is 12.9. The molecule has 0 aliphatic heterocycles. The lowest BCUT2D eigenvalue weighted by molar-refractivity contribution is 0.583. The van der Waals surface area contributed by atoms with Crippen molar-refractivity contribution in [1.82, 2.24) is 10.3 Å². The molecule has 1 atom stereocenters. The van der Waals surface area contributed by atoms with Gasteiger partial charge in [0, 0.05) is 23.7 Å². The molecule has 1 unspecified atom stereocenters. The lowest BCUT2D eigenvalue weighted by Gasteiger charge is -2.10. The number of thiophene rings is 1. The van der Waals surface area contributed by atoms with Crippen molar-refractivity contribution in [1.29, 1.82) is 0 Å². The number of nitrogens with one attached hydrogen (secondary N) is 1. The molecule has 0 aliphatic carbocycles. The summed E-state index contributed by atoms with van der Waals surface area (Å²) in [6.07, 6.45) is 1.96. The Morgan fingerprint density at radius 2 is 2.38 bits per heavy atom. The minimum atomic E-state index is 0.366. The summed E-state index contributed by atoms with van der Waals surface area (Å²) in [7, 11) is 0. The molecule has 2 aromatic heterocycles. The highest BCUT2D eigenvalue weighted by Crippen LogP contribution is 2.23. The van der Waals surface area contributed by atoms with Gasteiger partial charge in [0.1, 0.15) is 0 Å². The molecule has 2 heterocycles. The minimum absolute atomic E-state index is 0.366. The standard InChI is InChI=1S/C11H13BrN2S2/c1-7(10-5-14-8(2)16-10)13-4-9-3-11(12)15-6-9/h3,5-7,13H,4H2,1-2H3. The predicted molar refractivity (Wildman–Crippen MR) is 74.1 cm³/mol. The van der Waals surface area contributed by atoms with Crippen LogP contribution < -0.4 is 5.32 Å². The van der Waals surface area contributed by atoms with Crippen molar-refractivity contribution in [3.8, 4) is 0 Å². The average molecular weight is 317 g/mol. The third-order valence-electron chi connectivity index (χ3n) is 2.30. The molecule has 0 aromatic carbocycles. The van der Waals surface area contributed by atoms with Gasteiger partial charge in [-0.3, -0.25) is 0 Å². The van der Waals surface area contributed by atoms with Crippen molar-refractivity contribution in [2.24, 2.45) is 0 Å². The maximum atomic E-state index is 4.27. The molecule has 16 heavy (non-hydrogen) atoms. The van der Waals surface area contributed by atoms with Crippen LogP contribution in [0.4, 0.5) is 0 Å². The fourth-order valence-electron chi connectivity index (χ4n) is 1.39. The molecule has 0 bridgehead atoms. The predicted octanol–water partition coefficient (Wildman–Crippen LogP) is 4.13. The van der Waals surface area contributed by atoms with Gasteiger partial charge < -0.3 is 5.32 Å². The first-order chi connectivity index (χ1) is 7.65. The van der Waals surface area contributed by atoms with Gasteiger partial charge in [0.15, 0.2) is 0 Å². The van der Waals surface area contributed by atoms with E-state index in [1.165, 1.54) is 14.2 Å². The second kappa shape index (κ2) is 5.40. The third-order valence-corrected chi connectivity index (χ3v) is 4.95. The summed E-state index contributed by atoms with van der Waals surface area (Å²) < 4.78 is 1.19. The molecule has 0 saturated carbocycles. The number of hydrogen-bond donors (Lipinski definition) is 1. The van der Waals surface area contributed by atoms with Crippen molar-refractivity contribution in [3.63, 3.8) is 0 Å². The zero-order valence-corrected chi connectivity index (χ0v) is 12.4. The van der Waals surface area contributed by atoms with Gasteiger partial charge in [0.05, 0.1) is 8.79 Å². The van der Waals surface area contributed by atoms with Crippen LogP contribution in [0.25, 0.3) is 0 Å². The first kappa shape index (κ1) is 12.2. The molecule has 5 heteroatoms. The topological polar surface area (TPSA) is 24.9 Å². The van der Waals surface area contributed by atoms with E-state index < -0.39 is 0 Å². The van der Waals surface area contributed by atoms with Crippen molar-refractivity contribution < 1.29 is 0 Å². The zero-order chi connectivity index (χ0) is 11.5. The lowest BCUT2D eigenvalue weighted by atomic mass is 10.2. The number of nitrogens with zero attached hydrogens (tertiary/aromatic N) is 1. The minimum Gasteiger partial charge on any atom is -0.305 e. The van der Waals surface area contributed by atoms with E-state index in [4.69, 9.17) is 0 Å². The van der Waals surface area contributed by atoms with E-state index in [9.17, 15) is 0 Å². The van der Waals surface area contributed by atoms with Crippen molar-refractivity contribution in [3.05, 3.63) is 36.9 Å². The molecule has 0 fully saturated rings. The van der Waals surface area contributed by atoms with Crippen LogP contribution in [0.15, 0.2) is 21.4 Å². The van der Waals surface area contributed by atoms with Crippen LogP contribution in [0.3, 0.4) is 0 Å². The molecule has 0 amide bonds. The summed E-state index contributed by atoms with van der Waals surface area (Å²) >= 11 is 6.95. The van der Waals surface area contributed by atoms with Gasteiger partial charge >= 0.3 is 0 Å². The Balaban J connectivity index is 1.91. The van der Waals surface area contributed by atoms with E-state index >= 15 is 0 Å². The summed E-state index contributed by atoms with van der Waals surface area (Å²) in [5.74, 6) is 0. The Labute approximate surface area is 112 Å². The first-order valence-corrected chi connectivity index (χ1v) is 7.52. The van der Waals surface area contributed by atoms with Gasteiger partial charge in [0.2, 0.25) is 0 Å². The van der Waals surface area contributed by atoms with Gasteiger partial charge in [0.25, 0.3) is 0 Å². The second-order valence-corrected chi connectivity index (χ2v) is 7.20. The third kappa shape index (κ3) is 3.13. The molecule has 2 aromatic rings. The molecular formula is C11H13BrN2S2. The smallest absolute Gasteiger partial charge is 0.0897 e. The highest BCUT2D eigenvalue weighted by molar-refractivity contribution is 9.11. The number of hydrogen-bond acceptors (Lipinski definition) is 4. The molecular weight excluding hydrogens is 304 g/mol. The van der Waals surface area contributed by atoms with E-state index in [0.29, 0.717) is 6.04 Å². The molecule has 0 spiro atoms. The highest BCUT2D eigenvalue weighted by Gasteiger charge is 2.08. The van der Waals surface area contributed by atoms with Gasteiger partial charge in [-0.1, -0.05) is 0 Å². The van der Waals surface area contributed by atoms with Crippen LogP contribution in [0.1, 0.15) is 28.4 Å². The summed E-state index contributed by atoms with van der Waals surface area (Å²) in [6.45, 7) is 5.12. The fraction of sp³-hybridized carbons (Fsp3) is 0.364. The van der Waals surface area contributed by atoms with Gasteiger partial charge in [-0.15, -0.1) is 22.7 Å². The van der Waals surface area contributed by atoms with E-state index in [-0.39, 0.29) is 0 Å². The Hall–Kier alpha value is -0.230. The van der Waals surface area contributed by atoms with Crippen LogP contribution >= 0.6 is 38.6 Å². The van der Waals surface area contributed by atoms with E-state index in [2.05, 4.69) is 44.6 Å². The summed E-state index contributed by atoms with van der Waals surface area (Å²) in [5, 5.41) is 6.79. The molecule has 0 saturated heterocycles. The van der Waals surface area contributed by atoms with E-state index in [0.717, 1.165) is 11.6 Å². The SMILES string of the molecule is Cc1ncc(C(C)NCc2csc(Br)c2)s1. The Kier molecular flexibility index (Phi) is 4.13. The van der Waals surface area contributed by atoms with Gasteiger partial charge in [-0.2, -0.15) is 0 Å². The first-order valence-electron chi connectivity index (χ1n) is 5.04. The van der Waals surface area contributed by atoms with Crippen molar-refractivity contribution in [2.75, 3.05) is 0 Å². The number of rotatable bonds is 4. The quantitative estimate of drug-likeness (QED) is 0.917. The van der Waals surface area contributed by atoms with Gasteiger partial charge in [-0.25, -0.2) is 4.98 Å². The van der Waals surface area contributed by atoms with Crippen LogP contribution in [0.5, 0.6) is 0 Å². The fourth-order valence-corrected chi connectivity index (χ4v) is 3.41. The second-order valence-electron chi connectivity index (χ2n) is 3.64. The Bertz CT molecular complexity index is 464. The zero-order valence-electron chi connectivity index (χ0n) is 9.16. The number of aryl methyl sites for hydroxylation is 1. The number of aromatic nitrogens is 1. The van der Waals surface area contributed by atoms with Crippen molar-refractivity contribution in [2.45, 2.75) is 26.4 Å². The molecule has 0 aliphatic rings. The van der Waals surface area contributed by atoms with Gasteiger partial charge in [-0.05, 0) is 46.8 Å². The largest absolute Gasteiger partial charge is 0.305 e. The maximum Gasteiger partial charge on any atom is 0.0897 e. The van der Waals surface area contributed by atoms with E-state index in [1.54, 1.807) is 22.7 Å². The van der Waals surface area contributed by atoms with Crippen molar-refractivity contribution >= 4 is 38.6 Å². The lowest BCUT2D eigenvalue weighted by Crippen LogP contribution is -2.16. The molecule has 86 valence electrons. The van der Waals surface area contributed by atoms with Crippen LogP contribution in [0.2, 0.25) is 0 Å². The highest BCUT2D eigenvalue weighted by atomic mass is 79.9. The Morgan fingerprint density at radius 3 is 2.94 bits per heavy atom. The average Bonchev–Trinajstić information content (AvgIpc) is 2.84. The summed E-state index contributed by atoms with van der Waals surface area (Å²) in [4.78, 5) is 5.57. The molecule has 2 nitrogen and oxygen atoms in total. The van der Waals surface area contributed by atoms with E-state index in [1.807, 2.05) is 13.1 Å². The number of thiazole rings is 1. The number of halogens is 1. The monoisotopic (exact) mass is 316 g/mol. The molecule has 1 N–H and O–H groups in total.